The van der Waals surface area contributed by atoms with Crippen LogP contribution in [0.15, 0.2) is 63.3 Å². The molecule has 1 aromatic heterocycles. The maximum Gasteiger partial charge on any atom is 0.251 e. The maximum atomic E-state index is 13.5. The molecule has 0 radical (unpaired) electrons. The van der Waals surface area contributed by atoms with Crippen LogP contribution >= 0.6 is 23.1 Å². The van der Waals surface area contributed by atoms with Gasteiger partial charge < -0.3 is 5.32 Å². The van der Waals surface area contributed by atoms with Crippen molar-refractivity contribution in [3.8, 4) is 0 Å². The first-order valence-corrected chi connectivity index (χ1v) is 6.88. The van der Waals surface area contributed by atoms with Gasteiger partial charge in [-0.15, -0.1) is 11.3 Å². The smallest absolute Gasteiger partial charge is 0.251 e. The first-order valence-electron chi connectivity index (χ1n) is 5.18. The van der Waals surface area contributed by atoms with Gasteiger partial charge in [0.1, 0.15) is 0 Å². The van der Waals surface area contributed by atoms with E-state index in [-0.39, 0.29) is 0 Å². The van der Waals surface area contributed by atoms with Crippen LogP contribution in [-0.2, 0) is 4.79 Å². The summed E-state index contributed by atoms with van der Waals surface area (Å²) in [5.41, 5.74) is 0.646. The van der Waals surface area contributed by atoms with Gasteiger partial charge in [-0.2, -0.15) is 4.39 Å². The van der Waals surface area contributed by atoms with Crippen LogP contribution in [0.3, 0.4) is 0 Å². The summed E-state index contributed by atoms with van der Waals surface area (Å²) in [5.74, 6) is -0.470. The Morgan fingerprint density at radius 3 is 2.67 bits per heavy atom. The van der Waals surface area contributed by atoms with Gasteiger partial charge in [0, 0.05) is 11.8 Å². The van der Waals surface area contributed by atoms with Crippen molar-refractivity contribution >= 4 is 34.7 Å². The van der Waals surface area contributed by atoms with Crippen molar-refractivity contribution in [1.82, 2.24) is 0 Å². The fourth-order valence-corrected chi connectivity index (χ4v) is 2.80. The molecule has 0 aliphatic carbocycles. The second kappa shape index (κ2) is 6.37. The van der Waals surface area contributed by atoms with Crippen LogP contribution in [0.4, 0.5) is 10.1 Å². The van der Waals surface area contributed by atoms with Crippen molar-refractivity contribution in [1.29, 1.82) is 0 Å². The fraction of sp³-hybridized carbons (Fsp3) is 0. The molecule has 0 saturated heterocycles. The number of para-hydroxylation sites is 1. The van der Waals surface area contributed by atoms with Gasteiger partial charge in [-0.1, -0.05) is 24.3 Å². The van der Waals surface area contributed by atoms with E-state index in [1.807, 2.05) is 17.5 Å². The lowest BCUT2D eigenvalue weighted by Crippen LogP contribution is -2.07. The molecule has 0 bridgehead atoms. The van der Waals surface area contributed by atoms with E-state index in [0.29, 0.717) is 5.69 Å². The molecule has 18 heavy (non-hydrogen) atoms. The first-order chi connectivity index (χ1) is 8.74. The summed E-state index contributed by atoms with van der Waals surface area (Å²) in [4.78, 5) is 11.5. The Hall–Kier alpha value is -1.59. The van der Waals surface area contributed by atoms with E-state index in [1.165, 1.54) is 11.3 Å². The van der Waals surface area contributed by atoms with Gasteiger partial charge in [0.25, 0.3) is 5.91 Å². The van der Waals surface area contributed by atoms with Gasteiger partial charge in [-0.3, -0.25) is 4.79 Å². The van der Waals surface area contributed by atoms with E-state index in [0.717, 1.165) is 22.0 Å². The maximum absolute atomic E-state index is 13.5. The number of hydrogen-bond acceptors (Lipinski definition) is 3. The van der Waals surface area contributed by atoms with Gasteiger partial charge in [0.2, 0.25) is 0 Å². The lowest BCUT2D eigenvalue weighted by atomic mass is 10.3. The van der Waals surface area contributed by atoms with E-state index in [2.05, 4.69) is 5.32 Å². The first kappa shape index (κ1) is 12.9. The summed E-state index contributed by atoms with van der Waals surface area (Å²) >= 11 is 2.37. The fourth-order valence-electron chi connectivity index (χ4n) is 1.25. The zero-order valence-corrected chi connectivity index (χ0v) is 10.9. The molecule has 1 N–H and O–H groups in total. The number of hydrogen-bond donors (Lipinski definition) is 1. The Balaban J connectivity index is 1.94. The molecule has 1 amide bonds. The number of thioether (sulfide) groups is 1. The molecule has 0 fully saturated rings. The van der Waals surface area contributed by atoms with Crippen LogP contribution in [0.5, 0.6) is 0 Å². The van der Waals surface area contributed by atoms with E-state index in [1.54, 1.807) is 30.3 Å². The molecule has 0 spiro atoms. The second-order valence-electron chi connectivity index (χ2n) is 3.34. The van der Waals surface area contributed by atoms with E-state index >= 15 is 0 Å². The monoisotopic (exact) mass is 279 g/mol. The zero-order chi connectivity index (χ0) is 12.8. The Morgan fingerprint density at radius 1 is 1.22 bits per heavy atom. The molecule has 0 atom stereocenters. The van der Waals surface area contributed by atoms with Gasteiger partial charge in [-0.25, -0.2) is 0 Å². The number of halogens is 1. The average Bonchev–Trinajstić information content (AvgIpc) is 2.82. The van der Waals surface area contributed by atoms with Crippen LogP contribution in [0.1, 0.15) is 0 Å². The van der Waals surface area contributed by atoms with Crippen LogP contribution < -0.4 is 5.32 Å². The molecule has 0 unspecified atom stereocenters. The average molecular weight is 279 g/mol. The van der Waals surface area contributed by atoms with Crippen LogP contribution in [0.25, 0.3) is 0 Å². The largest absolute Gasteiger partial charge is 0.322 e. The highest BCUT2D eigenvalue weighted by Crippen LogP contribution is 2.30. The lowest BCUT2D eigenvalue weighted by molar-refractivity contribution is -0.112. The molecular weight excluding hydrogens is 269 g/mol. The Morgan fingerprint density at radius 2 is 2.00 bits per heavy atom. The molecule has 1 aromatic carbocycles. The minimum absolute atomic E-state index is 0.470. The number of nitrogens with one attached hydrogen (secondary N) is 1. The van der Waals surface area contributed by atoms with Gasteiger partial charge in [0.05, 0.1) is 4.21 Å². The highest BCUT2D eigenvalue weighted by molar-refractivity contribution is 8.04. The highest BCUT2D eigenvalue weighted by Gasteiger charge is 2.04. The molecule has 92 valence electrons. The zero-order valence-electron chi connectivity index (χ0n) is 9.30. The predicted molar refractivity (Wildman–Crippen MR) is 74.4 cm³/mol. The molecule has 0 saturated carbocycles. The molecule has 5 heteroatoms. The van der Waals surface area contributed by atoms with Gasteiger partial charge in [0.15, 0.2) is 5.16 Å². The van der Waals surface area contributed by atoms with Crippen LogP contribution in [0, 0.1) is 0 Å². The third kappa shape index (κ3) is 4.01. The molecule has 2 aromatic rings. The summed E-state index contributed by atoms with van der Waals surface area (Å²) in [6.07, 6.45) is 0.956. The van der Waals surface area contributed by atoms with Crippen molar-refractivity contribution in [3.63, 3.8) is 0 Å². The Labute approximate surface area is 113 Å². The number of carbonyl (C=O) groups excluding carboxylic acids is 1. The quantitative estimate of drug-likeness (QED) is 0.668. The topological polar surface area (TPSA) is 29.1 Å². The summed E-state index contributed by atoms with van der Waals surface area (Å²) in [7, 11) is 0. The highest BCUT2D eigenvalue weighted by atomic mass is 32.2. The third-order valence-electron chi connectivity index (χ3n) is 1.98. The molecule has 0 aliphatic heterocycles. The molecular formula is C13H10FNOS2. The van der Waals surface area contributed by atoms with E-state index < -0.39 is 11.1 Å². The predicted octanol–water partition coefficient (Wildman–Crippen LogP) is 4.29. The Kier molecular flexibility index (Phi) is 4.55. The second-order valence-corrected chi connectivity index (χ2v) is 5.58. The summed E-state index contributed by atoms with van der Waals surface area (Å²) in [5, 5.41) is 3.93. The SMILES string of the molecule is O=C(/C=C(/F)Sc1cccs1)Nc1ccccc1. The van der Waals surface area contributed by atoms with Crippen LogP contribution in [-0.4, -0.2) is 5.91 Å². The minimum Gasteiger partial charge on any atom is -0.322 e. The van der Waals surface area contributed by atoms with Crippen molar-refractivity contribution in [2.75, 3.05) is 5.32 Å². The summed E-state index contributed by atoms with van der Waals surface area (Å²) in [6, 6.07) is 12.6. The van der Waals surface area contributed by atoms with E-state index in [4.69, 9.17) is 0 Å². The molecule has 1 heterocycles. The normalized spacial score (nSPS) is 11.3. The summed E-state index contributed by atoms with van der Waals surface area (Å²) in [6.45, 7) is 0. The van der Waals surface area contributed by atoms with E-state index in [9.17, 15) is 9.18 Å². The Bertz CT molecular complexity index is 537. The third-order valence-corrected chi connectivity index (χ3v) is 3.83. The van der Waals surface area contributed by atoms with Crippen LogP contribution in [0.2, 0.25) is 0 Å². The molecule has 0 aliphatic rings. The number of thiophene rings is 1. The van der Waals surface area contributed by atoms with Gasteiger partial charge in [-0.05, 0) is 35.3 Å². The van der Waals surface area contributed by atoms with Crippen molar-refractivity contribution in [2.24, 2.45) is 0 Å². The van der Waals surface area contributed by atoms with Crippen molar-refractivity contribution in [2.45, 2.75) is 4.21 Å². The summed E-state index contributed by atoms with van der Waals surface area (Å²) < 4.78 is 14.3. The lowest BCUT2D eigenvalue weighted by Gasteiger charge is -2.01. The number of rotatable bonds is 4. The van der Waals surface area contributed by atoms with Gasteiger partial charge >= 0.3 is 0 Å². The number of carbonyl (C=O) groups is 1. The number of amides is 1. The minimum atomic E-state index is -0.522. The van der Waals surface area contributed by atoms with Crippen molar-refractivity contribution in [3.05, 3.63) is 59.1 Å². The number of benzene rings is 1. The molecule has 2 rings (SSSR count). The standard InChI is InChI=1S/C13H10FNOS2/c14-11(18-13-7-4-8-17-13)9-12(16)15-10-5-2-1-3-6-10/h1-9H,(H,15,16)/b11-9-. The molecule has 2 nitrogen and oxygen atoms in total. The van der Waals surface area contributed by atoms with Crippen molar-refractivity contribution < 1.29 is 9.18 Å². The number of anilines is 1.